The van der Waals surface area contributed by atoms with E-state index in [1.54, 1.807) is 34.9 Å². The molecule has 0 aliphatic heterocycles. The van der Waals surface area contributed by atoms with E-state index < -0.39 is 16.5 Å². The third-order valence-electron chi connectivity index (χ3n) is 5.46. The van der Waals surface area contributed by atoms with Gasteiger partial charge in [-0.3, -0.25) is 4.40 Å². The average Bonchev–Trinajstić information content (AvgIpc) is 3.21. The van der Waals surface area contributed by atoms with Crippen molar-refractivity contribution in [2.75, 3.05) is 5.32 Å². The highest BCUT2D eigenvalue weighted by Gasteiger charge is 2.21. The van der Waals surface area contributed by atoms with Crippen molar-refractivity contribution in [3.8, 4) is 28.1 Å². The molecule has 3 aromatic carbocycles. The summed E-state index contributed by atoms with van der Waals surface area (Å²) in [6, 6.07) is 25.6. The number of carboxylic acids is 1. The van der Waals surface area contributed by atoms with Crippen molar-refractivity contribution in [3.63, 3.8) is 0 Å². The molecule has 0 aliphatic rings. The Labute approximate surface area is 205 Å². The number of para-hydroxylation sites is 1. The maximum atomic E-state index is 13.4. The number of carbonyl (C=O) groups is 1. The van der Waals surface area contributed by atoms with Crippen molar-refractivity contribution in [1.82, 2.24) is 9.38 Å². The lowest BCUT2D eigenvalue weighted by Crippen LogP contribution is -2.03. The molecule has 8 nitrogen and oxygen atoms in total. The van der Waals surface area contributed by atoms with Crippen molar-refractivity contribution in [3.05, 3.63) is 103 Å². The predicted molar refractivity (Wildman–Crippen MR) is 133 cm³/mol. The summed E-state index contributed by atoms with van der Waals surface area (Å²) in [6.45, 7) is 0. The number of carboxylic acid groups (broad SMARTS) is 1. The van der Waals surface area contributed by atoms with Crippen LogP contribution in [0.15, 0.2) is 97.2 Å². The third kappa shape index (κ3) is 4.75. The highest BCUT2D eigenvalue weighted by molar-refractivity contribution is 7.81. The van der Waals surface area contributed by atoms with E-state index in [-0.39, 0.29) is 16.9 Å². The number of anilines is 2. The van der Waals surface area contributed by atoms with Crippen LogP contribution in [0.1, 0.15) is 10.4 Å². The minimum absolute atomic E-state index is 0.123. The Morgan fingerprint density at radius 2 is 1.61 bits per heavy atom. The van der Waals surface area contributed by atoms with Crippen molar-refractivity contribution in [2.45, 2.75) is 0 Å². The molecule has 0 radical (unpaired) electrons. The Kier molecular flexibility index (Phi) is 5.87. The highest BCUT2D eigenvalue weighted by atomic mass is 32.3. The fraction of sp³-hybridized carbons (Fsp3) is 0. The smallest absolute Gasteiger partial charge is 0.478 e. The molecular formula is C26H18FN3O5S. The first-order chi connectivity index (χ1) is 17.3. The Morgan fingerprint density at radius 1 is 0.917 bits per heavy atom. The zero-order chi connectivity index (χ0) is 25.3. The number of imidazole rings is 1. The van der Waals surface area contributed by atoms with Crippen LogP contribution in [-0.2, 0) is 10.5 Å². The Hall–Kier alpha value is -4.70. The Balaban J connectivity index is 1.68. The third-order valence-corrected chi connectivity index (χ3v) is 5.84. The summed E-state index contributed by atoms with van der Waals surface area (Å²) in [6.07, 6.45) is 1.80. The lowest BCUT2D eigenvalue weighted by Gasteiger charge is -2.11. The van der Waals surface area contributed by atoms with E-state index in [4.69, 9.17) is 4.98 Å². The maximum Gasteiger partial charge on any atom is 0.488 e. The molecule has 10 heteroatoms. The molecule has 0 amide bonds. The van der Waals surface area contributed by atoms with Crippen LogP contribution in [0.3, 0.4) is 0 Å². The van der Waals surface area contributed by atoms with Gasteiger partial charge < -0.3 is 14.6 Å². The summed E-state index contributed by atoms with van der Waals surface area (Å²) < 4.78 is 42.3. The van der Waals surface area contributed by atoms with Gasteiger partial charge in [0, 0.05) is 17.4 Å². The summed E-state index contributed by atoms with van der Waals surface area (Å²) in [4.78, 5) is 15.9. The molecule has 5 rings (SSSR count). The number of halogens is 1. The first-order valence-corrected chi connectivity index (χ1v) is 12.0. The summed E-state index contributed by atoms with van der Waals surface area (Å²) in [5.41, 5.74) is 3.66. The van der Waals surface area contributed by atoms with Gasteiger partial charge in [-0.25, -0.2) is 9.78 Å². The Morgan fingerprint density at radius 3 is 2.31 bits per heavy atom. The number of aromatic nitrogens is 2. The standard InChI is InChI=1S/C26H18FN3O5S/c27-36(33,34)35-22-9-5-4-8-21(22)24-25(28-20-12-10-18(11-13-20)26(31)32)30-15-14-19(16-23(30)29-24)17-6-2-1-3-7-17/h1-16,28H,(H,31,32). The average molecular weight is 504 g/mol. The normalized spacial score (nSPS) is 11.4. The molecule has 36 heavy (non-hydrogen) atoms. The van der Waals surface area contributed by atoms with Crippen LogP contribution in [0, 0.1) is 0 Å². The van der Waals surface area contributed by atoms with Gasteiger partial charge in [0.05, 0.1) is 5.56 Å². The number of benzene rings is 3. The number of nitrogens with zero attached hydrogens (tertiary/aromatic N) is 2. The molecule has 0 bridgehead atoms. The first kappa shape index (κ1) is 23.1. The van der Waals surface area contributed by atoms with Gasteiger partial charge in [0.1, 0.15) is 17.2 Å². The van der Waals surface area contributed by atoms with E-state index in [0.717, 1.165) is 11.1 Å². The predicted octanol–water partition coefficient (Wildman–Crippen LogP) is 5.70. The van der Waals surface area contributed by atoms with Gasteiger partial charge in [-0.1, -0.05) is 46.4 Å². The van der Waals surface area contributed by atoms with Crippen molar-refractivity contribution in [2.24, 2.45) is 0 Å². The fourth-order valence-corrected chi connectivity index (χ4v) is 4.20. The van der Waals surface area contributed by atoms with Crippen LogP contribution in [-0.4, -0.2) is 28.9 Å². The monoisotopic (exact) mass is 503 g/mol. The van der Waals surface area contributed by atoms with Crippen LogP contribution in [0.4, 0.5) is 15.4 Å². The van der Waals surface area contributed by atoms with E-state index in [9.17, 15) is 22.2 Å². The van der Waals surface area contributed by atoms with Crippen LogP contribution >= 0.6 is 0 Å². The molecule has 5 aromatic rings. The lowest BCUT2D eigenvalue weighted by atomic mass is 10.1. The number of pyridine rings is 1. The zero-order valence-electron chi connectivity index (χ0n) is 18.5. The second-order valence-corrected chi connectivity index (χ2v) is 8.75. The fourth-order valence-electron chi connectivity index (χ4n) is 3.84. The van der Waals surface area contributed by atoms with Crippen LogP contribution in [0.25, 0.3) is 28.0 Å². The Bertz CT molecular complexity index is 1680. The molecule has 0 atom stereocenters. The van der Waals surface area contributed by atoms with Gasteiger partial charge in [-0.15, -0.1) is 0 Å². The van der Waals surface area contributed by atoms with E-state index in [1.807, 2.05) is 42.5 Å². The number of aromatic carboxylic acids is 1. The second kappa shape index (κ2) is 9.16. The topological polar surface area (TPSA) is 110 Å². The summed E-state index contributed by atoms with van der Waals surface area (Å²) in [5, 5.41) is 12.4. The molecule has 180 valence electrons. The van der Waals surface area contributed by atoms with E-state index in [1.165, 1.54) is 24.3 Å². The summed E-state index contributed by atoms with van der Waals surface area (Å²) in [5.74, 6) is -0.833. The second-order valence-electron chi connectivity index (χ2n) is 7.80. The van der Waals surface area contributed by atoms with Crippen molar-refractivity contribution >= 4 is 33.6 Å². The largest absolute Gasteiger partial charge is 0.488 e. The van der Waals surface area contributed by atoms with Crippen molar-refractivity contribution in [1.29, 1.82) is 0 Å². The first-order valence-electron chi connectivity index (χ1n) is 10.7. The minimum atomic E-state index is -5.28. The number of hydrogen-bond donors (Lipinski definition) is 2. The molecule has 0 unspecified atom stereocenters. The maximum absolute atomic E-state index is 13.4. The number of hydrogen-bond acceptors (Lipinski definition) is 6. The van der Waals surface area contributed by atoms with Gasteiger partial charge in [-0.2, -0.15) is 8.42 Å². The van der Waals surface area contributed by atoms with Crippen LogP contribution < -0.4 is 9.50 Å². The quantitative estimate of drug-likeness (QED) is 0.274. The number of fused-ring (bicyclic) bond motifs is 1. The minimum Gasteiger partial charge on any atom is -0.478 e. The van der Waals surface area contributed by atoms with Gasteiger partial charge in [0.2, 0.25) is 0 Å². The summed E-state index contributed by atoms with van der Waals surface area (Å²) >= 11 is 0. The molecular weight excluding hydrogens is 485 g/mol. The van der Waals surface area contributed by atoms with E-state index in [0.29, 0.717) is 22.8 Å². The van der Waals surface area contributed by atoms with Crippen LogP contribution in [0.2, 0.25) is 0 Å². The SMILES string of the molecule is O=C(O)c1ccc(Nc2c(-c3ccccc3OS(=O)(=O)F)nc3cc(-c4ccccc4)ccn23)cc1. The van der Waals surface area contributed by atoms with E-state index >= 15 is 0 Å². The molecule has 2 heterocycles. The van der Waals surface area contributed by atoms with Gasteiger partial charge in [0.25, 0.3) is 0 Å². The van der Waals surface area contributed by atoms with Gasteiger partial charge in [-0.05, 0) is 59.7 Å². The van der Waals surface area contributed by atoms with Gasteiger partial charge in [0.15, 0.2) is 5.75 Å². The molecule has 2 aromatic heterocycles. The molecule has 0 fully saturated rings. The van der Waals surface area contributed by atoms with Crippen molar-refractivity contribution < 1.29 is 26.4 Å². The van der Waals surface area contributed by atoms with Crippen LogP contribution in [0.5, 0.6) is 5.75 Å². The molecule has 0 aliphatic carbocycles. The molecule has 2 N–H and O–H groups in total. The number of nitrogens with one attached hydrogen (secondary N) is 1. The molecule has 0 saturated heterocycles. The number of rotatable bonds is 7. The zero-order valence-corrected chi connectivity index (χ0v) is 19.3. The molecule has 0 saturated carbocycles. The highest BCUT2D eigenvalue weighted by Crippen LogP contribution is 2.38. The van der Waals surface area contributed by atoms with Gasteiger partial charge >= 0.3 is 16.5 Å². The summed E-state index contributed by atoms with van der Waals surface area (Å²) in [7, 11) is -5.28. The lowest BCUT2D eigenvalue weighted by molar-refractivity contribution is 0.0697. The van der Waals surface area contributed by atoms with E-state index in [2.05, 4.69) is 9.50 Å². The molecule has 0 spiro atoms.